The average molecular weight is 567 g/mol. The summed E-state index contributed by atoms with van der Waals surface area (Å²) in [5.74, 6) is -0.439. The molecule has 0 fully saturated rings. The molecule has 1 aliphatic rings. The molecule has 11 nitrogen and oxygen atoms in total. The van der Waals surface area contributed by atoms with Gasteiger partial charge in [0.1, 0.15) is 0 Å². The number of nitro benzene ring substituents is 1. The van der Waals surface area contributed by atoms with Crippen LogP contribution in [0.5, 0.6) is 11.5 Å². The Morgan fingerprint density at radius 1 is 0.821 bits per heavy atom. The van der Waals surface area contributed by atoms with Crippen LogP contribution in [0.3, 0.4) is 0 Å². The number of hydrogen-bond acceptors (Lipinski definition) is 9. The number of hydrogen-bond donors (Lipinski definition) is 0. The molecule has 1 aromatic carbocycles. The van der Waals surface area contributed by atoms with E-state index in [4.69, 9.17) is 22.8 Å². The molecule has 2 rings (SSSR count). The maximum absolute atomic E-state index is 12.1. The molecule has 0 radical (unpaired) electrons. The fourth-order valence-corrected chi connectivity index (χ4v) is 6.48. The van der Waals surface area contributed by atoms with Crippen molar-refractivity contribution in [3.8, 4) is 11.5 Å². The van der Waals surface area contributed by atoms with Crippen molar-refractivity contribution in [3.05, 3.63) is 40.0 Å². The van der Waals surface area contributed by atoms with Gasteiger partial charge in [0.15, 0.2) is 11.5 Å². The van der Waals surface area contributed by atoms with E-state index in [0.29, 0.717) is 12.4 Å². The van der Waals surface area contributed by atoms with Crippen molar-refractivity contribution in [2.45, 2.75) is 76.8 Å². The standard InChI is InChI=1S/C27H42N2O9Si/c1-21(28-26(30)15-16-27(28)31)22-19-24(34-2)25(20-23(22)29(32)33)38-17-13-11-9-7-6-8-10-12-14-18-39(35-3,36-4)37-5/h15-16,19-21H,6-14,17-18H2,1-5H3. The van der Waals surface area contributed by atoms with E-state index < -0.39 is 31.6 Å². The van der Waals surface area contributed by atoms with Gasteiger partial charge in [0.2, 0.25) is 0 Å². The first-order valence-corrected chi connectivity index (χ1v) is 15.4. The van der Waals surface area contributed by atoms with Crippen LogP contribution in [0, 0.1) is 10.1 Å². The molecular formula is C27H42N2O9Si. The van der Waals surface area contributed by atoms with E-state index in [1.54, 1.807) is 28.3 Å². The minimum absolute atomic E-state index is 0.201. The molecule has 2 amide bonds. The Hall–Kier alpha value is -2.80. The Morgan fingerprint density at radius 2 is 1.33 bits per heavy atom. The molecule has 39 heavy (non-hydrogen) atoms. The van der Waals surface area contributed by atoms with E-state index >= 15 is 0 Å². The number of nitrogens with zero attached hydrogens (tertiary/aromatic N) is 2. The summed E-state index contributed by atoms with van der Waals surface area (Å²) in [7, 11) is 3.92. The van der Waals surface area contributed by atoms with Gasteiger partial charge in [-0.2, -0.15) is 0 Å². The van der Waals surface area contributed by atoms with Gasteiger partial charge in [-0.3, -0.25) is 24.6 Å². The van der Waals surface area contributed by atoms with Crippen molar-refractivity contribution >= 4 is 26.3 Å². The first kappa shape index (κ1) is 32.4. The molecule has 0 N–H and O–H groups in total. The quantitative estimate of drug-likeness (QED) is 0.0674. The molecule has 1 heterocycles. The third kappa shape index (κ3) is 9.13. The minimum atomic E-state index is -2.45. The molecule has 0 spiro atoms. The number of benzene rings is 1. The van der Waals surface area contributed by atoms with Crippen LogP contribution < -0.4 is 9.47 Å². The molecule has 1 atom stereocenters. The Kier molecular flexibility index (Phi) is 13.6. The topological polar surface area (TPSA) is 127 Å². The molecule has 0 aliphatic carbocycles. The SMILES string of the molecule is COc1cc(C(C)N2C(=O)C=CC2=O)c([N+](=O)[O-])cc1OCCCCCCCCCCC[Si](OC)(OC)OC. The fraction of sp³-hybridized carbons (Fsp3) is 0.630. The Balaban J connectivity index is 1.74. The van der Waals surface area contributed by atoms with Gasteiger partial charge in [-0.1, -0.05) is 44.9 Å². The monoisotopic (exact) mass is 566 g/mol. The summed E-state index contributed by atoms with van der Waals surface area (Å²) in [6, 6.07) is 2.78. The third-order valence-corrected chi connectivity index (χ3v) is 9.84. The van der Waals surface area contributed by atoms with Crippen LogP contribution in [0.25, 0.3) is 0 Å². The zero-order chi connectivity index (χ0) is 28.8. The van der Waals surface area contributed by atoms with Crippen LogP contribution >= 0.6 is 0 Å². The number of methoxy groups -OCH3 is 1. The highest BCUT2D eigenvalue weighted by Crippen LogP contribution is 2.39. The maximum Gasteiger partial charge on any atom is 0.500 e. The minimum Gasteiger partial charge on any atom is -0.493 e. The number of amides is 2. The zero-order valence-corrected chi connectivity index (χ0v) is 24.7. The normalized spacial score (nSPS) is 14.2. The van der Waals surface area contributed by atoms with Gasteiger partial charge in [0, 0.05) is 39.5 Å². The van der Waals surface area contributed by atoms with Crippen LogP contribution in [0.15, 0.2) is 24.3 Å². The molecule has 1 unspecified atom stereocenters. The van der Waals surface area contributed by atoms with Gasteiger partial charge in [-0.25, -0.2) is 0 Å². The lowest BCUT2D eigenvalue weighted by Crippen LogP contribution is -2.42. The van der Waals surface area contributed by atoms with Crippen molar-refractivity contribution < 1.29 is 37.3 Å². The summed E-state index contributed by atoms with van der Waals surface area (Å²) in [5, 5.41) is 11.8. The van der Waals surface area contributed by atoms with Crippen LogP contribution in [0.4, 0.5) is 5.69 Å². The van der Waals surface area contributed by atoms with E-state index in [1.807, 2.05) is 0 Å². The summed E-state index contributed by atoms with van der Waals surface area (Å²) in [6.45, 7) is 1.97. The van der Waals surface area contributed by atoms with Crippen molar-refractivity contribution in [1.82, 2.24) is 4.90 Å². The highest BCUT2D eigenvalue weighted by Gasteiger charge is 2.37. The van der Waals surface area contributed by atoms with Crippen molar-refractivity contribution in [2.24, 2.45) is 0 Å². The number of ether oxygens (including phenoxy) is 2. The molecule has 0 saturated heterocycles. The maximum atomic E-state index is 12.1. The Bertz CT molecular complexity index is 971. The van der Waals surface area contributed by atoms with Gasteiger partial charge < -0.3 is 22.8 Å². The van der Waals surface area contributed by atoms with Crippen molar-refractivity contribution in [3.63, 3.8) is 0 Å². The number of rotatable bonds is 20. The van der Waals surface area contributed by atoms with Crippen LogP contribution in [0.2, 0.25) is 6.04 Å². The molecular weight excluding hydrogens is 524 g/mol. The Morgan fingerprint density at radius 3 is 1.82 bits per heavy atom. The lowest BCUT2D eigenvalue weighted by molar-refractivity contribution is -0.385. The van der Waals surface area contributed by atoms with Gasteiger partial charge in [0.05, 0.1) is 36.3 Å². The molecule has 0 aromatic heterocycles. The highest BCUT2D eigenvalue weighted by molar-refractivity contribution is 6.60. The third-order valence-electron chi connectivity index (χ3n) is 7.01. The van der Waals surface area contributed by atoms with E-state index in [2.05, 4.69) is 0 Å². The van der Waals surface area contributed by atoms with E-state index in [9.17, 15) is 19.7 Å². The number of imide groups is 1. The predicted molar refractivity (Wildman–Crippen MR) is 148 cm³/mol. The number of carbonyl (C=O) groups excluding carboxylic acids is 2. The predicted octanol–water partition coefficient (Wildman–Crippen LogP) is 5.36. The van der Waals surface area contributed by atoms with E-state index in [0.717, 1.165) is 61.6 Å². The number of unbranched alkanes of at least 4 members (excludes halogenated alkanes) is 8. The van der Waals surface area contributed by atoms with E-state index in [-0.39, 0.29) is 17.0 Å². The first-order valence-electron chi connectivity index (χ1n) is 13.4. The summed E-state index contributed by atoms with van der Waals surface area (Å²) < 4.78 is 27.6. The zero-order valence-electron chi connectivity index (χ0n) is 23.7. The smallest absolute Gasteiger partial charge is 0.493 e. The van der Waals surface area contributed by atoms with Crippen LogP contribution in [-0.2, 0) is 22.9 Å². The molecule has 218 valence electrons. The molecule has 1 aromatic rings. The van der Waals surface area contributed by atoms with Gasteiger partial charge in [-0.05, 0) is 25.8 Å². The highest BCUT2D eigenvalue weighted by atomic mass is 28.4. The van der Waals surface area contributed by atoms with Gasteiger partial charge in [0.25, 0.3) is 17.5 Å². The molecule has 12 heteroatoms. The molecule has 0 bridgehead atoms. The van der Waals surface area contributed by atoms with Gasteiger partial charge in [-0.15, -0.1) is 0 Å². The summed E-state index contributed by atoms with van der Waals surface area (Å²) in [6.07, 6.45) is 12.1. The van der Waals surface area contributed by atoms with Crippen molar-refractivity contribution in [2.75, 3.05) is 35.0 Å². The lowest BCUT2D eigenvalue weighted by atomic mass is 10.0. The largest absolute Gasteiger partial charge is 0.500 e. The van der Waals surface area contributed by atoms with Crippen LogP contribution in [-0.4, -0.2) is 65.5 Å². The fourth-order valence-electron chi connectivity index (χ4n) is 4.68. The second-order valence-electron chi connectivity index (χ2n) is 9.45. The second-order valence-corrected chi connectivity index (χ2v) is 12.5. The molecule has 1 aliphatic heterocycles. The number of carbonyl (C=O) groups is 2. The van der Waals surface area contributed by atoms with E-state index in [1.165, 1.54) is 38.5 Å². The Labute approximate surface area is 231 Å². The first-order chi connectivity index (χ1) is 18.7. The van der Waals surface area contributed by atoms with Gasteiger partial charge >= 0.3 is 8.80 Å². The second kappa shape index (κ2) is 16.3. The summed E-state index contributed by atoms with van der Waals surface area (Å²) >= 11 is 0. The summed E-state index contributed by atoms with van der Waals surface area (Å²) in [5.41, 5.74) is -0.0300. The van der Waals surface area contributed by atoms with Crippen LogP contribution in [0.1, 0.15) is 76.3 Å². The average Bonchev–Trinajstić information content (AvgIpc) is 3.28. The number of nitro groups is 1. The molecule has 0 saturated carbocycles. The lowest BCUT2D eigenvalue weighted by Gasteiger charge is -2.24. The van der Waals surface area contributed by atoms with Crippen molar-refractivity contribution in [1.29, 1.82) is 0 Å². The summed E-state index contributed by atoms with van der Waals surface area (Å²) in [4.78, 5) is 36.4.